The number of nitrogens with one attached hydrogen (secondary N) is 1. The summed E-state index contributed by atoms with van der Waals surface area (Å²) < 4.78 is 46.9. The van der Waals surface area contributed by atoms with Gasteiger partial charge in [0.1, 0.15) is 18.3 Å². The number of nitrogens with zero attached hydrogens (tertiary/aromatic N) is 1. The predicted octanol–water partition coefficient (Wildman–Crippen LogP) is -0.254. The number of aromatic nitrogens is 2. The average molecular weight is 508 g/mol. The molecule has 196 valence electrons. The van der Waals surface area contributed by atoms with Crippen LogP contribution in [-0.4, -0.2) is 73.5 Å². The van der Waals surface area contributed by atoms with Crippen LogP contribution in [0, 0.1) is 5.92 Å². The lowest BCUT2D eigenvalue weighted by molar-refractivity contribution is -0.235. The van der Waals surface area contributed by atoms with Crippen LogP contribution >= 0.6 is 7.82 Å². The van der Waals surface area contributed by atoms with E-state index in [2.05, 4.69) is 4.98 Å². The number of phosphoric acid groups is 1. The summed E-state index contributed by atoms with van der Waals surface area (Å²) in [6, 6.07) is 1.14. The molecule has 3 N–H and O–H groups in total. The first-order chi connectivity index (χ1) is 16.0. The minimum Gasteiger partial charge on any atom is -0.756 e. The van der Waals surface area contributed by atoms with Crippen LogP contribution in [0.5, 0.6) is 0 Å². The van der Waals surface area contributed by atoms with E-state index in [1.54, 1.807) is 13.8 Å². The van der Waals surface area contributed by atoms with Crippen molar-refractivity contribution in [3.05, 3.63) is 33.1 Å². The molecular weight excluding hydrogens is 473 g/mol. The molecule has 0 radical (unpaired) electrons. The molecule has 0 spiro atoms. The highest BCUT2D eigenvalue weighted by Crippen LogP contribution is 2.46. The van der Waals surface area contributed by atoms with Gasteiger partial charge in [0.15, 0.2) is 6.23 Å². The van der Waals surface area contributed by atoms with Gasteiger partial charge in [-0.3, -0.25) is 18.9 Å². The Morgan fingerprint density at radius 1 is 1.21 bits per heavy atom. The first-order valence-electron chi connectivity index (χ1n) is 11.2. The standard InChI is InChI=1S/C20H36N3O10P/c1-13(2)11-31-34(26,27)33-17-15(12-30-14(3)4)32-19(18(17)29-10-9-28-8-6-21)23-7-5-16(24)22-20(23)25/h5,7,13-15,17-19H,6,8-12,21H2,1-4H3,(H,26,27)(H,22,24,25)/p-1/t15-,17+,18?,19-/m1/s1. The number of phosphoric ester groups is 1. The second-order valence-electron chi connectivity index (χ2n) is 8.41. The molecule has 34 heavy (non-hydrogen) atoms. The molecule has 1 saturated heterocycles. The Balaban J connectivity index is 2.34. The van der Waals surface area contributed by atoms with E-state index in [0.717, 1.165) is 10.6 Å². The van der Waals surface area contributed by atoms with E-state index in [0.29, 0.717) is 13.2 Å². The van der Waals surface area contributed by atoms with Crippen LogP contribution in [0.2, 0.25) is 0 Å². The normalized spacial score (nSPS) is 24.7. The number of ether oxygens (including phenoxy) is 4. The lowest BCUT2D eigenvalue weighted by Gasteiger charge is -2.31. The van der Waals surface area contributed by atoms with Gasteiger partial charge in [-0.2, -0.15) is 0 Å². The summed E-state index contributed by atoms with van der Waals surface area (Å²) in [6.45, 7) is 7.95. The van der Waals surface area contributed by atoms with Gasteiger partial charge in [-0.05, 0) is 19.8 Å². The molecule has 5 atom stereocenters. The molecule has 2 rings (SSSR count). The summed E-state index contributed by atoms with van der Waals surface area (Å²) in [7, 11) is -4.76. The quantitative estimate of drug-likeness (QED) is 0.236. The predicted molar refractivity (Wildman–Crippen MR) is 119 cm³/mol. The Bertz CT molecular complexity index is 905. The molecule has 2 heterocycles. The summed E-state index contributed by atoms with van der Waals surface area (Å²) in [5, 5.41) is 0. The van der Waals surface area contributed by atoms with Gasteiger partial charge in [0, 0.05) is 18.8 Å². The molecular formula is C20H35N3O10P-. The molecule has 1 aliphatic heterocycles. The van der Waals surface area contributed by atoms with Crippen molar-refractivity contribution >= 4 is 7.82 Å². The van der Waals surface area contributed by atoms with Gasteiger partial charge in [0.2, 0.25) is 0 Å². The molecule has 1 aromatic heterocycles. The van der Waals surface area contributed by atoms with Crippen molar-refractivity contribution in [2.45, 2.75) is 58.3 Å². The molecule has 13 nitrogen and oxygen atoms in total. The number of rotatable bonds is 15. The maximum atomic E-state index is 12.6. The fourth-order valence-corrected chi connectivity index (χ4v) is 4.23. The van der Waals surface area contributed by atoms with Crippen LogP contribution in [0.1, 0.15) is 33.9 Å². The average Bonchev–Trinajstić information content (AvgIpc) is 3.07. The van der Waals surface area contributed by atoms with Crippen LogP contribution < -0.4 is 21.9 Å². The van der Waals surface area contributed by atoms with Crippen molar-refractivity contribution in [3.63, 3.8) is 0 Å². The number of aromatic amines is 1. The monoisotopic (exact) mass is 508 g/mol. The smallest absolute Gasteiger partial charge is 0.330 e. The summed E-state index contributed by atoms with van der Waals surface area (Å²) in [5.41, 5.74) is 4.06. The maximum absolute atomic E-state index is 12.6. The Kier molecular flexibility index (Phi) is 11.5. The summed E-state index contributed by atoms with van der Waals surface area (Å²) in [4.78, 5) is 38.7. The van der Waals surface area contributed by atoms with Gasteiger partial charge in [-0.15, -0.1) is 0 Å². The number of nitrogens with two attached hydrogens (primary N) is 1. The van der Waals surface area contributed by atoms with Gasteiger partial charge in [0.05, 0.1) is 39.1 Å². The number of hydrogen-bond acceptors (Lipinski definition) is 11. The topological polar surface area (TPSA) is 176 Å². The largest absolute Gasteiger partial charge is 0.756 e. The van der Waals surface area contributed by atoms with Crippen LogP contribution in [0.3, 0.4) is 0 Å². The zero-order chi connectivity index (χ0) is 25.3. The number of H-pyrrole nitrogens is 1. The van der Waals surface area contributed by atoms with E-state index >= 15 is 0 Å². The fraction of sp³-hybridized carbons (Fsp3) is 0.800. The Labute approximate surface area is 198 Å². The Morgan fingerprint density at radius 2 is 1.94 bits per heavy atom. The van der Waals surface area contributed by atoms with Crippen molar-refractivity contribution in [2.24, 2.45) is 11.7 Å². The maximum Gasteiger partial charge on any atom is 0.330 e. The van der Waals surface area contributed by atoms with Gasteiger partial charge >= 0.3 is 5.69 Å². The minimum absolute atomic E-state index is 0.0371. The molecule has 0 aliphatic carbocycles. The van der Waals surface area contributed by atoms with Crippen molar-refractivity contribution in [1.29, 1.82) is 0 Å². The first-order valence-corrected chi connectivity index (χ1v) is 12.6. The van der Waals surface area contributed by atoms with Gasteiger partial charge in [-0.1, -0.05) is 13.8 Å². The van der Waals surface area contributed by atoms with Crippen molar-refractivity contribution in [2.75, 3.05) is 39.6 Å². The zero-order valence-electron chi connectivity index (χ0n) is 19.9. The minimum atomic E-state index is -4.76. The third-order valence-electron chi connectivity index (χ3n) is 4.62. The van der Waals surface area contributed by atoms with Crippen LogP contribution in [0.4, 0.5) is 0 Å². The van der Waals surface area contributed by atoms with E-state index < -0.39 is 43.6 Å². The fourth-order valence-electron chi connectivity index (χ4n) is 3.13. The molecule has 14 heteroatoms. The molecule has 0 saturated carbocycles. The highest BCUT2D eigenvalue weighted by Gasteiger charge is 2.49. The molecule has 2 unspecified atom stereocenters. The number of hydrogen-bond donors (Lipinski definition) is 2. The molecule has 0 aromatic carbocycles. The Hall–Kier alpha value is -1.41. The summed E-state index contributed by atoms with van der Waals surface area (Å²) in [6.07, 6.45) is -3.26. The van der Waals surface area contributed by atoms with Crippen molar-refractivity contribution < 1.29 is 37.5 Å². The SMILES string of the molecule is CC(C)COP(=O)([O-])O[C@@H]1C(OCCOCCN)[C@H](n2ccc(=O)[nH]c2=O)O[C@@H]1COC(C)C. The zero-order valence-corrected chi connectivity index (χ0v) is 20.8. The van der Waals surface area contributed by atoms with Crippen molar-refractivity contribution in [1.82, 2.24) is 9.55 Å². The lowest BCUT2D eigenvalue weighted by atomic mass is 10.1. The van der Waals surface area contributed by atoms with Gasteiger partial charge < -0.3 is 38.6 Å². The molecule has 0 bridgehead atoms. The molecule has 1 aromatic rings. The Morgan fingerprint density at radius 3 is 2.56 bits per heavy atom. The van der Waals surface area contributed by atoms with E-state index in [4.69, 9.17) is 33.7 Å². The summed E-state index contributed by atoms with van der Waals surface area (Å²) in [5.74, 6) is -0.0509. The third kappa shape index (κ3) is 8.99. The van der Waals surface area contributed by atoms with Gasteiger partial charge in [-0.25, -0.2) is 4.79 Å². The molecule has 1 aliphatic rings. The van der Waals surface area contributed by atoms with E-state index in [9.17, 15) is 19.0 Å². The van der Waals surface area contributed by atoms with Crippen LogP contribution in [0.15, 0.2) is 21.9 Å². The van der Waals surface area contributed by atoms with Crippen LogP contribution in [0.25, 0.3) is 0 Å². The third-order valence-corrected chi connectivity index (χ3v) is 5.59. The van der Waals surface area contributed by atoms with Crippen molar-refractivity contribution in [3.8, 4) is 0 Å². The second-order valence-corrected chi connectivity index (χ2v) is 9.77. The van der Waals surface area contributed by atoms with E-state index in [1.165, 1.54) is 6.20 Å². The first kappa shape index (κ1) is 28.8. The highest BCUT2D eigenvalue weighted by molar-refractivity contribution is 7.45. The van der Waals surface area contributed by atoms with E-state index in [-0.39, 0.29) is 38.4 Å². The lowest BCUT2D eigenvalue weighted by Crippen LogP contribution is -2.41. The van der Waals surface area contributed by atoms with Gasteiger partial charge in [0.25, 0.3) is 13.4 Å². The highest BCUT2D eigenvalue weighted by atomic mass is 31.2. The molecule has 1 fully saturated rings. The van der Waals surface area contributed by atoms with Crippen LogP contribution in [-0.2, 0) is 32.6 Å². The van der Waals surface area contributed by atoms with E-state index in [1.807, 2.05) is 13.8 Å². The molecule has 0 amide bonds. The summed E-state index contributed by atoms with van der Waals surface area (Å²) >= 11 is 0. The second kappa shape index (κ2) is 13.6.